The molecule has 2 N–H and O–H groups in total. The molecule has 4 aliphatic heterocycles. The van der Waals surface area contributed by atoms with Crippen molar-refractivity contribution >= 4 is 16.9 Å². The van der Waals surface area contributed by atoms with Crippen molar-refractivity contribution in [2.24, 2.45) is 0 Å². The number of aromatic nitrogens is 2. The van der Waals surface area contributed by atoms with E-state index in [0.29, 0.717) is 28.9 Å². The number of hydrogen-bond donors (Lipinski definition) is 2. The van der Waals surface area contributed by atoms with E-state index in [-0.39, 0.29) is 55.7 Å². The number of aliphatic hydroxyl groups is 2. The molecule has 3 aromatic rings. The number of ether oxygens (including phenoxy) is 3. The topological polar surface area (TPSA) is 123 Å². The van der Waals surface area contributed by atoms with Gasteiger partial charge in [0.1, 0.15) is 18.1 Å². The summed E-state index contributed by atoms with van der Waals surface area (Å²) in [4.78, 5) is 33.5. The van der Waals surface area contributed by atoms with Crippen molar-refractivity contribution in [3.05, 3.63) is 50.8 Å². The number of cyclic esters (lactones) is 1. The molecule has 0 saturated carbocycles. The third-order valence-corrected chi connectivity index (χ3v) is 8.37. The zero-order valence-electron chi connectivity index (χ0n) is 20.6. The molecule has 0 radical (unpaired) electrons. The second kappa shape index (κ2) is 7.77. The number of esters is 1. The average Bonchev–Trinajstić information content (AvgIpc) is 3.58. The van der Waals surface area contributed by atoms with Gasteiger partial charge in [0.2, 0.25) is 6.79 Å². The number of benzene rings is 1. The summed E-state index contributed by atoms with van der Waals surface area (Å²) < 4.78 is 18.6. The van der Waals surface area contributed by atoms with E-state index in [4.69, 9.17) is 19.2 Å². The van der Waals surface area contributed by atoms with Gasteiger partial charge in [-0.2, -0.15) is 0 Å². The van der Waals surface area contributed by atoms with Crippen LogP contribution in [0.1, 0.15) is 55.0 Å². The van der Waals surface area contributed by atoms with Crippen molar-refractivity contribution in [3.8, 4) is 22.9 Å². The lowest BCUT2D eigenvalue weighted by Crippen LogP contribution is -2.44. The van der Waals surface area contributed by atoms with Crippen LogP contribution in [0, 0.1) is 0 Å². The summed E-state index contributed by atoms with van der Waals surface area (Å²) in [6, 6.07) is 6.06. The summed E-state index contributed by atoms with van der Waals surface area (Å²) in [6.07, 6.45) is 0.812. The third kappa shape index (κ3) is 3.00. The van der Waals surface area contributed by atoms with Crippen LogP contribution in [-0.2, 0) is 28.3 Å². The summed E-state index contributed by atoms with van der Waals surface area (Å²) in [6.45, 7) is 5.01. The molecule has 1 aromatic carbocycles. The number of fused-ring (bicyclic) bond motifs is 5. The molecule has 0 spiro atoms. The lowest BCUT2D eigenvalue weighted by atomic mass is 9.86. The van der Waals surface area contributed by atoms with Gasteiger partial charge in [-0.3, -0.25) is 9.69 Å². The highest BCUT2D eigenvalue weighted by atomic mass is 16.7. The van der Waals surface area contributed by atoms with E-state index in [1.54, 1.807) is 17.6 Å². The number of rotatable bonds is 5. The molecule has 2 unspecified atom stereocenters. The quantitative estimate of drug-likeness (QED) is 0.309. The highest BCUT2D eigenvalue weighted by molar-refractivity contribution is 5.98. The van der Waals surface area contributed by atoms with E-state index in [2.05, 4.69) is 11.8 Å². The molecule has 0 bridgehead atoms. The smallest absolute Gasteiger partial charge is 0.343 e. The molecule has 37 heavy (non-hydrogen) atoms. The van der Waals surface area contributed by atoms with E-state index in [1.807, 2.05) is 12.1 Å². The van der Waals surface area contributed by atoms with Gasteiger partial charge in [0.05, 0.1) is 34.4 Å². The Bertz CT molecular complexity index is 1560. The number of carbonyl (C=O) groups excluding carboxylic acids is 1. The molecule has 192 valence electrons. The van der Waals surface area contributed by atoms with Gasteiger partial charge < -0.3 is 29.0 Å². The van der Waals surface area contributed by atoms with Gasteiger partial charge >= 0.3 is 5.97 Å². The lowest BCUT2D eigenvalue weighted by molar-refractivity contribution is -0.172. The van der Waals surface area contributed by atoms with Crippen LogP contribution in [0.2, 0.25) is 0 Å². The first-order valence-electron chi connectivity index (χ1n) is 12.7. The van der Waals surface area contributed by atoms with Crippen LogP contribution < -0.4 is 15.0 Å². The monoisotopic (exact) mass is 505 g/mol. The third-order valence-electron chi connectivity index (χ3n) is 8.37. The van der Waals surface area contributed by atoms with Crippen LogP contribution >= 0.6 is 0 Å². The largest absolute Gasteiger partial charge is 0.458 e. The Labute approximate surface area is 212 Å². The normalized spacial score (nSPS) is 25.5. The summed E-state index contributed by atoms with van der Waals surface area (Å²) >= 11 is 0. The van der Waals surface area contributed by atoms with Crippen molar-refractivity contribution in [1.82, 2.24) is 14.5 Å². The van der Waals surface area contributed by atoms with Gasteiger partial charge in [-0.05, 0) is 37.5 Å². The minimum atomic E-state index is -1.88. The molecule has 2 aromatic heterocycles. The first-order valence-corrected chi connectivity index (χ1v) is 12.7. The van der Waals surface area contributed by atoms with Gasteiger partial charge in [-0.1, -0.05) is 13.0 Å². The number of aliphatic hydroxyl groups excluding tert-OH is 1. The van der Waals surface area contributed by atoms with Crippen molar-refractivity contribution in [2.45, 2.75) is 57.5 Å². The lowest BCUT2D eigenvalue weighted by Gasteiger charge is -2.31. The number of nitrogens with zero attached hydrogens (tertiary/aromatic N) is 3. The molecule has 6 heterocycles. The van der Waals surface area contributed by atoms with E-state index < -0.39 is 11.6 Å². The summed E-state index contributed by atoms with van der Waals surface area (Å²) in [5.74, 6) is 0.582. The SMILES string of the molecule is CC[C@@]1(O)C(=O)OCc2c1cc1n(c2=O)Cc2c-1nc1c(C(C)N3C[C@@H]3CCO)ccc3c1c2OCO3. The highest BCUT2D eigenvalue weighted by Crippen LogP contribution is 2.48. The number of hydrogen-bond acceptors (Lipinski definition) is 9. The summed E-state index contributed by atoms with van der Waals surface area (Å²) in [5, 5.41) is 21.3. The number of pyridine rings is 2. The molecule has 10 heteroatoms. The van der Waals surface area contributed by atoms with E-state index >= 15 is 0 Å². The Kier molecular flexibility index (Phi) is 4.77. The predicted octanol–water partition coefficient (Wildman–Crippen LogP) is 1.94. The molecule has 7 rings (SSSR count). The fraction of sp³-hybridized carbons (Fsp3) is 0.444. The van der Waals surface area contributed by atoms with Gasteiger partial charge in [-0.25, -0.2) is 9.78 Å². The fourth-order valence-corrected chi connectivity index (χ4v) is 6.16. The molecular weight excluding hydrogens is 478 g/mol. The van der Waals surface area contributed by atoms with Crippen molar-refractivity contribution in [3.63, 3.8) is 0 Å². The van der Waals surface area contributed by atoms with E-state index in [9.17, 15) is 19.8 Å². The molecule has 0 aliphatic carbocycles. The van der Waals surface area contributed by atoms with Gasteiger partial charge in [0.25, 0.3) is 5.56 Å². The second-order valence-electron chi connectivity index (χ2n) is 10.2. The molecular formula is C27H27N3O7. The minimum absolute atomic E-state index is 0.0534. The van der Waals surface area contributed by atoms with Gasteiger partial charge in [-0.15, -0.1) is 0 Å². The maximum Gasteiger partial charge on any atom is 0.343 e. The Hall–Kier alpha value is -3.47. The van der Waals surface area contributed by atoms with Crippen LogP contribution in [0.4, 0.5) is 0 Å². The Balaban J connectivity index is 1.45. The zero-order chi connectivity index (χ0) is 25.6. The van der Waals surface area contributed by atoms with E-state index in [0.717, 1.165) is 35.0 Å². The minimum Gasteiger partial charge on any atom is -0.458 e. The van der Waals surface area contributed by atoms with Crippen molar-refractivity contribution < 1.29 is 29.2 Å². The standard InChI is InChI=1S/C27H27N3O7/c1-3-27(34)18-8-19-22-16(10-30(19)25(32)17(18)11-35-26(27)33)24-21-20(36-12-37-24)5-4-15(23(21)28-22)13(2)29-9-14(29)6-7-31/h4-5,8,13-14,31,34H,3,6-7,9-12H2,1-2H3/t13?,14-,27-,29?/m0/s1. The Morgan fingerprint density at radius 1 is 1.22 bits per heavy atom. The summed E-state index contributed by atoms with van der Waals surface area (Å²) in [7, 11) is 0. The fourth-order valence-electron chi connectivity index (χ4n) is 6.16. The zero-order valence-corrected chi connectivity index (χ0v) is 20.6. The van der Waals surface area contributed by atoms with E-state index in [1.165, 1.54) is 0 Å². The second-order valence-corrected chi connectivity index (χ2v) is 10.2. The maximum atomic E-state index is 13.6. The highest BCUT2D eigenvalue weighted by Gasteiger charge is 2.46. The predicted molar refractivity (Wildman–Crippen MR) is 131 cm³/mol. The molecule has 10 nitrogen and oxygen atoms in total. The van der Waals surface area contributed by atoms with Gasteiger partial charge in [0.15, 0.2) is 5.60 Å². The van der Waals surface area contributed by atoms with Crippen molar-refractivity contribution in [1.29, 1.82) is 0 Å². The van der Waals surface area contributed by atoms with Crippen LogP contribution in [0.15, 0.2) is 23.0 Å². The van der Waals surface area contributed by atoms with Crippen molar-refractivity contribution in [2.75, 3.05) is 19.9 Å². The molecule has 4 atom stereocenters. The van der Waals surface area contributed by atoms with Crippen LogP contribution in [0.3, 0.4) is 0 Å². The summed E-state index contributed by atoms with van der Waals surface area (Å²) in [5.41, 5.74) is 2.04. The Morgan fingerprint density at radius 2 is 2.05 bits per heavy atom. The number of carbonyl (C=O) groups is 1. The molecule has 4 aliphatic rings. The first-order chi connectivity index (χ1) is 17.9. The average molecular weight is 506 g/mol. The van der Waals surface area contributed by atoms with Crippen LogP contribution in [0.5, 0.6) is 11.5 Å². The van der Waals surface area contributed by atoms with Gasteiger partial charge in [0, 0.05) is 36.4 Å². The molecule has 0 amide bonds. The molecule has 1 fully saturated rings. The van der Waals surface area contributed by atoms with Crippen LogP contribution in [-0.4, -0.2) is 56.6 Å². The Morgan fingerprint density at radius 3 is 2.84 bits per heavy atom. The first kappa shape index (κ1) is 22.7. The van der Waals surface area contributed by atoms with Crippen LogP contribution in [0.25, 0.3) is 22.3 Å². The maximum absolute atomic E-state index is 13.6. The molecule has 1 saturated heterocycles.